The number of hydrogen-bond donors (Lipinski definition) is 2. The van der Waals surface area contributed by atoms with Crippen LogP contribution in [0.1, 0.15) is 12.5 Å². The second-order valence-electron chi connectivity index (χ2n) is 3.10. The minimum atomic E-state index is -0.959. The molecule has 0 saturated heterocycles. The highest BCUT2D eigenvalue weighted by Gasteiger charge is 2.10. The first-order valence-electron chi connectivity index (χ1n) is 4.62. The van der Waals surface area contributed by atoms with Crippen molar-refractivity contribution < 1.29 is 14.7 Å². The molecule has 4 nitrogen and oxygen atoms in total. The zero-order valence-electron chi connectivity index (χ0n) is 8.89. The maximum atomic E-state index is 10.4. The normalized spacial score (nSPS) is 10.9. The van der Waals surface area contributed by atoms with Gasteiger partial charge in [0.15, 0.2) is 0 Å². The van der Waals surface area contributed by atoms with Crippen LogP contribution in [-0.2, 0) is 16.0 Å². The molecule has 5 heteroatoms. The molecule has 1 atom stereocenters. The van der Waals surface area contributed by atoms with Gasteiger partial charge in [-0.3, -0.25) is 9.59 Å². The Balaban J connectivity index is 0.000000487. The molecule has 0 aliphatic heterocycles. The molecule has 0 aliphatic carbocycles. The van der Waals surface area contributed by atoms with Gasteiger partial charge in [-0.25, -0.2) is 0 Å². The molecule has 0 aliphatic rings. The van der Waals surface area contributed by atoms with Gasteiger partial charge in [0.1, 0.15) is 6.04 Å². The van der Waals surface area contributed by atoms with E-state index in [1.165, 1.54) is 6.92 Å². The van der Waals surface area contributed by atoms with Crippen LogP contribution in [0.25, 0.3) is 0 Å². The third-order valence-corrected chi connectivity index (χ3v) is 1.62. The first-order chi connectivity index (χ1) is 7.43. The molecular weight excluding hydrogens is 230 g/mol. The number of nitrogens with two attached hydrogens (primary N) is 1. The van der Waals surface area contributed by atoms with Gasteiger partial charge in [0.05, 0.1) is 0 Å². The number of halogens is 1. The Bertz CT molecular complexity index is 336. The molecule has 0 bridgehead atoms. The highest BCUT2D eigenvalue weighted by molar-refractivity contribution is 6.62. The molecule has 16 heavy (non-hydrogen) atoms. The van der Waals surface area contributed by atoms with E-state index in [9.17, 15) is 9.59 Å². The van der Waals surface area contributed by atoms with Gasteiger partial charge in [-0.2, -0.15) is 0 Å². The third-order valence-electron chi connectivity index (χ3n) is 1.62. The van der Waals surface area contributed by atoms with Gasteiger partial charge >= 0.3 is 5.97 Å². The summed E-state index contributed by atoms with van der Waals surface area (Å²) >= 11 is 4.64. The first kappa shape index (κ1) is 14.6. The Hall–Kier alpha value is -1.39. The predicted octanol–water partition coefficient (Wildman–Crippen LogP) is 1.41. The largest absolute Gasteiger partial charge is 0.480 e. The predicted molar refractivity (Wildman–Crippen MR) is 62.3 cm³/mol. The van der Waals surface area contributed by atoms with Gasteiger partial charge in [-0.05, 0) is 23.6 Å². The lowest BCUT2D eigenvalue weighted by Crippen LogP contribution is -2.32. The molecule has 0 amide bonds. The quantitative estimate of drug-likeness (QED) is 0.787. The Morgan fingerprint density at radius 2 is 1.81 bits per heavy atom. The lowest BCUT2D eigenvalue weighted by atomic mass is 10.1. The number of carbonyl (C=O) groups is 2. The van der Waals surface area contributed by atoms with E-state index in [1.807, 2.05) is 30.3 Å². The summed E-state index contributed by atoms with van der Waals surface area (Å²) in [4.78, 5) is 19.6. The molecular formula is C11H14ClNO3. The molecule has 88 valence electrons. The van der Waals surface area contributed by atoms with Crippen LogP contribution >= 0.6 is 11.6 Å². The van der Waals surface area contributed by atoms with E-state index in [-0.39, 0.29) is 5.24 Å². The lowest BCUT2D eigenvalue weighted by molar-refractivity contribution is -0.138. The zero-order valence-corrected chi connectivity index (χ0v) is 9.65. The molecule has 1 rings (SSSR count). The third kappa shape index (κ3) is 7.96. The standard InChI is InChI=1S/C9H11NO2.C2H3ClO/c10-8(9(11)12)6-7-4-2-1-3-5-7;1-2(3)4/h1-5,8H,6,10H2,(H,11,12);1H3/t8-;/m0./s1. The van der Waals surface area contributed by atoms with Crippen LogP contribution in [0.15, 0.2) is 30.3 Å². The topological polar surface area (TPSA) is 80.4 Å². The molecule has 0 spiro atoms. The minimum absolute atomic E-state index is 0.361. The maximum Gasteiger partial charge on any atom is 0.320 e. The van der Waals surface area contributed by atoms with Crippen molar-refractivity contribution in [1.82, 2.24) is 0 Å². The van der Waals surface area contributed by atoms with Crippen molar-refractivity contribution in [1.29, 1.82) is 0 Å². The highest BCUT2D eigenvalue weighted by atomic mass is 35.5. The van der Waals surface area contributed by atoms with Gasteiger partial charge in [-0.15, -0.1) is 0 Å². The van der Waals surface area contributed by atoms with Gasteiger partial charge in [0, 0.05) is 6.92 Å². The number of aliphatic carboxylic acids is 1. The second-order valence-corrected chi connectivity index (χ2v) is 3.64. The Morgan fingerprint density at radius 3 is 2.19 bits per heavy atom. The summed E-state index contributed by atoms with van der Waals surface area (Å²) in [6.07, 6.45) is 0.385. The van der Waals surface area contributed by atoms with E-state index in [0.29, 0.717) is 6.42 Å². The van der Waals surface area contributed by atoms with Crippen LogP contribution < -0.4 is 5.73 Å². The van der Waals surface area contributed by atoms with Crippen molar-refractivity contribution >= 4 is 22.8 Å². The first-order valence-corrected chi connectivity index (χ1v) is 4.99. The van der Waals surface area contributed by atoms with Crippen LogP contribution in [0.3, 0.4) is 0 Å². The number of carboxylic acids is 1. The van der Waals surface area contributed by atoms with E-state index in [0.717, 1.165) is 5.56 Å². The fourth-order valence-electron chi connectivity index (χ4n) is 0.955. The van der Waals surface area contributed by atoms with E-state index < -0.39 is 12.0 Å². The van der Waals surface area contributed by atoms with Crippen LogP contribution in [0, 0.1) is 0 Å². The Kier molecular flexibility index (Phi) is 7.16. The maximum absolute atomic E-state index is 10.4. The molecule has 0 heterocycles. The fraction of sp³-hybridized carbons (Fsp3) is 0.273. The monoisotopic (exact) mass is 243 g/mol. The number of benzene rings is 1. The summed E-state index contributed by atoms with van der Waals surface area (Å²) < 4.78 is 0. The summed E-state index contributed by atoms with van der Waals surface area (Å²) in [7, 11) is 0. The van der Waals surface area contributed by atoms with Crippen molar-refractivity contribution in [3.8, 4) is 0 Å². The summed E-state index contributed by atoms with van der Waals surface area (Å²) in [5.74, 6) is -0.959. The average molecular weight is 244 g/mol. The van der Waals surface area contributed by atoms with E-state index >= 15 is 0 Å². The van der Waals surface area contributed by atoms with E-state index in [4.69, 9.17) is 10.8 Å². The number of carbonyl (C=O) groups excluding carboxylic acids is 1. The molecule has 1 aromatic rings. The van der Waals surface area contributed by atoms with Crippen molar-refractivity contribution in [2.75, 3.05) is 0 Å². The summed E-state index contributed by atoms with van der Waals surface area (Å²) in [5.41, 5.74) is 6.30. The van der Waals surface area contributed by atoms with E-state index in [1.54, 1.807) is 0 Å². The summed E-state index contributed by atoms with van der Waals surface area (Å²) in [6, 6.07) is 8.54. The Labute approximate surface area is 99.0 Å². The second kappa shape index (κ2) is 7.84. The zero-order chi connectivity index (χ0) is 12.6. The molecule has 3 N–H and O–H groups in total. The number of rotatable bonds is 3. The lowest BCUT2D eigenvalue weighted by Gasteiger charge is -2.04. The molecule has 0 fully saturated rings. The van der Waals surface area contributed by atoms with Crippen molar-refractivity contribution in [3.63, 3.8) is 0 Å². The Morgan fingerprint density at radius 1 is 1.38 bits per heavy atom. The summed E-state index contributed by atoms with van der Waals surface area (Å²) in [5, 5.41) is 8.16. The van der Waals surface area contributed by atoms with Gasteiger partial charge in [0.25, 0.3) is 0 Å². The van der Waals surface area contributed by atoms with Gasteiger partial charge in [-0.1, -0.05) is 30.3 Å². The smallest absolute Gasteiger partial charge is 0.320 e. The van der Waals surface area contributed by atoms with Crippen LogP contribution in [0.4, 0.5) is 0 Å². The van der Waals surface area contributed by atoms with Crippen LogP contribution in [0.5, 0.6) is 0 Å². The molecule has 0 saturated carbocycles. The molecule has 1 aromatic carbocycles. The van der Waals surface area contributed by atoms with Crippen molar-refractivity contribution in [3.05, 3.63) is 35.9 Å². The summed E-state index contributed by atoms with van der Waals surface area (Å²) in [6.45, 7) is 1.29. The highest BCUT2D eigenvalue weighted by Crippen LogP contribution is 2.01. The molecule has 0 aromatic heterocycles. The number of carboxylic acid groups (broad SMARTS) is 1. The van der Waals surface area contributed by atoms with Crippen molar-refractivity contribution in [2.45, 2.75) is 19.4 Å². The minimum Gasteiger partial charge on any atom is -0.480 e. The molecule has 0 radical (unpaired) electrons. The van der Waals surface area contributed by atoms with Crippen molar-refractivity contribution in [2.24, 2.45) is 5.73 Å². The van der Waals surface area contributed by atoms with Gasteiger partial charge < -0.3 is 10.8 Å². The van der Waals surface area contributed by atoms with E-state index in [2.05, 4.69) is 11.6 Å². The molecule has 0 unspecified atom stereocenters. The van der Waals surface area contributed by atoms with Gasteiger partial charge in [0.2, 0.25) is 5.24 Å². The SMILES string of the molecule is CC(=O)Cl.N[C@@H](Cc1ccccc1)C(=O)O. The van der Waals surface area contributed by atoms with Crippen LogP contribution in [-0.4, -0.2) is 22.4 Å². The van der Waals surface area contributed by atoms with Crippen LogP contribution in [0.2, 0.25) is 0 Å². The fourth-order valence-corrected chi connectivity index (χ4v) is 0.955. The average Bonchev–Trinajstić information content (AvgIpc) is 2.18. The number of hydrogen-bond acceptors (Lipinski definition) is 3.